The number of hydrogen-bond donors (Lipinski definition) is 2. The van der Waals surface area contributed by atoms with Crippen LogP contribution in [0.15, 0.2) is 48.8 Å². The number of fused-ring (bicyclic) bond motifs is 1. The molecule has 108 valence electrons. The second-order valence-electron chi connectivity index (χ2n) is 4.89. The van der Waals surface area contributed by atoms with E-state index in [1.54, 1.807) is 12.4 Å². The van der Waals surface area contributed by atoms with Crippen molar-refractivity contribution in [2.24, 2.45) is 0 Å². The Labute approximate surface area is 123 Å². The molecule has 0 bridgehead atoms. The second kappa shape index (κ2) is 6.26. The van der Waals surface area contributed by atoms with Gasteiger partial charge in [-0.2, -0.15) is 0 Å². The first-order chi connectivity index (χ1) is 10.3. The molecule has 0 radical (unpaired) electrons. The van der Waals surface area contributed by atoms with Crippen LogP contribution in [0, 0.1) is 0 Å². The molecule has 0 aliphatic carbocycles. The molecule has 2 aromatic rings. The van der Waals surface area contributed by atoms with Crippen molar-refractivity contribution in [2.45, 2.75) is 12.5 Å². The molecule has 1 atom stereocenters. The minimum absolute atomic E-state index is 0.0964. The highest BCUT2D eigenvalue weighted by molar-refractivity contribution is 5.83. The zero-order valence-electron chi connectivity index (χ0n) is 11.6. The summed E-state index contributed by atoms with van der Waals surface area (Å²) < 4.78 is 5.71. The number of benzene rings is 1. The SMILES string of the molecule is O=C(NCCc1cccnc1)C1CNc2ccccc2O1. The van der Waals surface area contributed by atoms with E-state index in [4.69, 9.17) is 4.74 Å². The van der Waals surface area contributed by atoms with Crippen molar-refractivity contribution in [2.75, 3.05) is 18.4 Å². The Morgan fingerprint density at radius 1 is 1.33 bits per heavy atom. The maximum absolute atomic E-state index is 12.1. The lowest BCUT2D eigenvalue weighted by Crippen LogP contribution is -2.45. The van der Waals surface area contributed by atoms with Crippen LogP contribution in [0.2, 0.25) is 0 Å². The summed E-state index contributed by atoms with van der Waals surface area (Å²) in [5.41, 5.74) is 2.03. The fraction of sp³-hybridized carbons (Fsp3) is 0.250. The molecule has 3 rings (SSSR count). The number of carbonyl (C=O) groups is 1. The molecule has 0 saturated carbocycles. The predicted octanol–water partition coefficient (Wildman–Crippen LogP) is 1.61. The van der Waals surface area contributed by atoms with Crippen LogP contribution in [0.25, 0.3) is 0 Å². The van der Waals surface area contributed by atoms with Gasteiger partial charge in [0.15, 0.2) is 6.10 Å². The first kappa shape index (κ1) is 13.4. The van der Waals surface area contributed by atoms with E-state index >= 15 is 0 Å². The summed E-state index contributed by atoms with van der Waals surface area (Å²) in [5.74, 6) is 0.622. The quantitative estimate of drug-likeness (QED) is 0.895. The summed E-state index contributed by atoms with van der Waals surface area (Å²) in [7, 11) is 0. The van der Waals surface area contributed by atoms with E-state index in [0.717, 1.165) is 23.4 Å². The van der Waals surface area contributed by atoms with Gasteiger partial charge in [0.2, 0.25) is 0 Å². The second-order valence-corrected chi connectivity index (χ2v) is 4.89. The molecular formula is C16H17N3O2. The van der Waals surface area contributed by atoms with E-state index in [9.17, 15) is 4.79 Å². The monoisotopic (exact) mass is 283 g/mol. The Balaban J connectivity index is 1.50. The minimum atomic E-state index is -0.492. The van der Waals surface area contributed by atoms with Gasteiger partial charge < -0.3 is 15.4 Å². The third-order valence-corrected chi connectivity index (χ3v) is 3.36. The first-order valence-electron chi connectivity index (χ1n) is 6.99. The molecule has 1 aliphatic rings. The number of pyridine rings is 1. The summed E-state index contributed by atoms with van der Waals surface area (Å²) in [6.07, 6.45) is 3.81. The van der Waals surface area contributed by atoms with Crippen LogP contribution in [-0.4, -0.2) is 30.1 Å². The molecular weight excluding hydrogens is 266 g/mol. The van der Waals surface area contributed by atoms with E-state index in [0.29, 0.717) is 13.1 Å². The third-order valence-electron chi connectivity index (χ3n) is 3.36. The third kappa shape index (κ3) is 3.31. The van der Waals surface area contributed by atoms with Gasteiger partial charge in [0.25, 0.3) is 5.91 Å². The summed E-state index contributed by atoms with van der Waals surface area (Å²) in [6.45, 7) is 1.06. The van der Waals surface area contributed by atoms with Crippen molar-refractivity contribution in [3.8, 4) is 5.75 Å². The van der Waals surface area contributed by atoms with Gasteiger partial charge in [0.05, 0.1) is 12.2 Å². The van der Waals surface area contributed by atoms with Gasteiger partial charge in [-0.1, -0.05) is 18.2 Å². The lowest BCUT2D eigenvalue weighted by Gasteiger charge is -2.26. The minimum Gasteiger partial charge on any atom is -0.477 e. The van der Waals surface area contributed by atoms with E-state index in [-0.39, 0.29) is 5.91 Å². The number of anilines is 1. The zero-order chi connectivity index (χ0) is 14.5. The van der Waals surface area contributed by atoms with Gasteiger partial charge in [-0.15, -0.1) is 0 Å². The average Bonchev–Trinajstić information content (AvgIpc) is 2.55. The molecule has 0 saturated heterocycles. The molecule has 5 heteroatoms. The summed E-state index contributed by atoms with van der Waals surface area (Å²) >= 11 is 0. The molecule has 21 heavy (non-hydrogen) atoms. The fourth-order valence-electron chi connectivity index (χ4n) is 2.25. The van der Waals surface area contributed by atoms with Crippen molar-refractivity contribution in [3.05, 3.63) is 54.4 Å². The van der Waals surface area contributed by atoms with Crippen LogP contribution >= 0.6 is 0 Å². The fourth-order valence-corrected chi connectivity index (χ4v) is 2.25. The molecule has 0 fully saturated rings. The number of nitrogens with one attached hydrogen (secondary N) is 2. The topological polar surface area (TPSA) is 63.2 Å². The maximum Gasteiger partial charge on any atom is 0.262 e. The lowest BCUT2D eigenvalue weighted by molar-refractivity contribution is -0.127. The molecule has 2 N–H and O–H groups in total. The van der Waals surface area contributed by atoms with E-state index < -0.39 is 6.10 Å². The average molecular weight is 283 g/mol. The van der Waals surface area contributed by atoms with Crippen LogP contribution in [0.1, 0.15) is 5.56 Å². The molecule has 1 aromatic carbocycles. The largest absolute Gasteiger partial charge is 0.477 e. The highest BCUT2D eigenvalue weighted by atomic mass is 16.5. The summed E-state index contributed by atoms with van der Waals surface area (Å²) in [5, 5.41) is 6.11. The highest BCUT2D eigenvalue weighted by Crippen LogP contribution is 2.28. The lowest BCUT2D eigenvalue weighted by atomic mass is 10.2. The molecule has 5 nitrogen and oxygen atoms in total. The molecule has 0 spiro atoms. The predicted molar refractivity (Wildman–Crippen MR) is 80.3 cm³/mol. The molecule has 1 unspecified atom stereocenters. The zero-order valence-corrected chi connectivity index (χ0v) is 11.6. The van der Waals surface area contributed by atoms with Crippen molar-refractivity contribution >= 4 is 11.6 Å². The Morgan fingerprint density at radius 2 is 2.24 bits per heavy atom. The number of ether oxygens (including phenoxy) is 1. The van der Waals surface area contributed by atoms with Crippen molar-refractivity contribution < 1.29 is 9.53 Å². The summed E-state index contributed by atoms with van der Waals surface area (Å²) in [6, 6.07) is 11.5. The van der Waals surface area contributed by atoms with Crippen LogP contribution in [0.3, 0.4) is 0 Å². The Morgan fingerprint density at radius 3 is 3.10 bits per heavy atom. The van der Waals surface area contributed by atoms with Crippen LogP contribution in [0.4, 0.5) is 5.69 Å². The van der Waals surface area contributed by atoms with Gasteiger partial charge in [-0.3, -0.25) is 9.78 Å². The van der Waals surface area contributed by atoms with Gasteiger partial charge >= 0.3 is 0 Å². The molecule has 2 heterocycles. The Hall–Kier alpha value is -2.56. The van der Waals surface area contributed by atoms with Gasteiger partial charge in [0, 0.05) is 18.9 Å². The van der Waals surface area contributed by atoms with Gasteiger partial charge in [-0.25, -0.2) is 0 Å². The van der Waals surface area contributed by atoms with E-state index in [1.807, 2.05) is 36.4 Å². The summed E-state index contributed by atoms with van der Waals surface area (Å²) in [4.78, 5) is 16.2. The van der Waals surface area contributed by atoms with Crippen molar-refractivity contribution in [1.82, 2.24) is 10.3 Å². The smallest absolute Gasteiger partial charge is 0.262 e. The highest BCUT2D eigenvalue weighted by Gasteiger charge is 2.25. The van der Waals surface area contributed by atoms with Gasteiger partial charge in [0.1, 0.15) is 5.75 Å². The number of rotatable bonds is 4. The maximum atomic E-state index is 12.1. The standard InChI is InChI=1S/C16H17N3O2/c20-16(18-9-7-12-4-3-8-17-10-12)15-11-19-13-5-1-2-6-14(13)21-15/h1-6,8,10,15,19H,7,9,11H2,(H,18,20). The molecule has 1 amide bonds. The Kier molecular flexibility index (Phi) is 4.00. The van der Waals surface area contributed by atoms with E-state index in [1.165, 1.54) is 0 Å². The first-order valence-corrected chi connectivity index (χ1v) is 6.99. The number of hydrogen-bond acceptors (Lipinski definition) is 4. The number of carbonyl (C=O) groups excluding carboxylic acids is 1. The van der Waals surface area contributed by atoms with Crippen molar-refractivity contribution in [1.29, 1.82) is 0 Å². The van der Waals surface area contributed by atoms with Crippen LogP contribution < -0.4 is 15.4 Å². The Bertz CT molecular complexity index is 616. The van der Waals surface area contributed by atoms with Gasteiger partial charge in [-0.05, 0) is 30.2 Å². The molecule has 1 aromatic heterocycles. The van der Waals surface area contributed by atoms with E-state index in [2.05, 4.69) is 15.6 Å². The van der Waals surface area contributed by atoms with Crippen LogP contribution in [0.5, 0.6) is 5.75 Å². The van der Waals surface area contributed by atoms with Crippen molar-refractivity contribution in [3.63, 3.8) is 0 Å². The number of aromatic nitrogens is 1. The molecule has 1 aliphatic heterocycles. The number of nitrogens with zero attached hydrogens (tertiary/aromatic N) is 1. The van der Waals surface area contributed by atoms with Crippen LogP contribution in [-0.2, 0) is 11.2 Å². The number of amides is 1. The number of para-hydroxylation sites is 2. The normalized spacial score (nSPS) is 16.3.